The Kier molecular flexibility index (Phi) is 4.71. The van der Waals surface area contributed by atoms with Crippen molar-refractivity contribution in [1.82, 2.24) is 15.1 Å². The highest BCUT2D eigenvalue weighted by atomic mass is 19.4. The second kappa shape index (κ2) is 5.85. The third-order valence-electron chi connectivity index (χ3n) is 2.30. The summed E-state index contributed by atoms with van der Waals surface area (Å²) in [4.78, 5) is 11.5. The Hall–Kier alpha value is -1.57. The van der Waals surface area contributed by atoms with Crippen molar-refractivity contribution in [2.45, 2.75) is 25.1 Å². The lowest BCUT2D eigenvalue weighted by Gasteiger charge is -2.11. The van der Waals surface area contributed by atoms with Gasteiger partial charge in [-0.2, -0.15) is 18.3 Å². The van der Waals surface area contributed by atoms with E-state index < -0.39 is 24.5 Å². The van der Waals surface area contributed by atoms with Gasteiger partial charge in [0, 0.05) is 31.8 Å². The lowest BCUT2D eigenvalue weighted by molar-refractivity contribution is -0.136. The van der Waals surface area contributed by atoms with E-state index in [1.54, 1.807) is 13.2 Å². The minimum atomic E-state index is -4.20. The largest absolute Gasteiger partial charge is 0.389 e. The summed E-state index contributed by atoms with van der Waals surface area (Å²) in [7, 11) is 1.68. The SMILES string of the molecule is Cn1cc(C(N)C(=O)NCCCC(F)(F)F)cn1. The van der Waals surface area contributed by atoms with Crippen molar-refractivity contribution in [2.75, 3.05) is 6.54 Å². The van der Waals surface area contributed by atoms with Crippen molar-refractivity contribution in [3.63, 3.8) is 0 Å². The number of nitrogens with one attached hydrogen (secondary N) is 1. The van der Waals surface area contributed by atoms with Gasteiger partial charge in [-0.25, -0.2) is 0 Å². The molecule has 0 radical (unpaired) electrons. The maximum absolute atomic E-state index is 11.9. The monoisotopic (exact) mass is 264 g/mol. The van der Waals surface area contributed by atoms with E-state index in [1.807, 2.05) is 0 Å². The van der Waals surface area contributed by atoms with Crippen LogP contribution in [0.15, 0.2) is 12.4 Å². The molecule has 0 saturated heterocycles. The van der Waals surface area contributed by atoms with E-state index in [2.05, 4.69) is 10.4 Å². The van der Waals surface area contributed by atoms with Gasteiger partial charge in [-0.3, -0.25) is 9.48 Å². The van der Waals surface area contributed by atoms with Crippen LogP contribution in [0.2, 0.25) is 0 Å². The smallest absolute Gasteiger partial charge is 0.354 e. The lowest BCUT2D eigenvalue weighted by atomic mass is 10.1. The standard InChI is InChI=1S/C10H15F3N4O/c1-17-6-7(5-16-17)8(14)9(18)15-4-2-3-10(11,12)13/h5-6,8H,2-4,14H2,1H3,(H,15,18). The van der Waals surface area contributed by atoms with Crippen LogP contribution in [-0.4, -0.2) is 28.4 Å². The molecule has 0 bridgehead atoms. The number of halogens is 3. The first-order valence-corrected chi connectivity index (χ1v) is 5.38. The molecular weight excluding hydrogens is 249 g/mol. The average molecular weight is 264 g/mol. The average Bonchev–Trinajstić information content (AvgIpc) is 2.68. The van der Waals surface area contributed by atoms with E-state index in [0.29, 0.717) is 5.56 Å². The number of hydrogen-bond donors (Lipinski definition) is 2. The number of alkyl halides is 3. The number of amides is 1. The molecule has 1 atom stereocenters. The van der Waals surface area contributed by atoms with Crippen LogP contribution in [0.1, 0.15) is 24.4 Å². The highest BCUT2D eigenvalue weighted by Crippen LogP contribution is 2.20. The predicted octanol–water partition coefficient (Wildman–Crippen LogP) is 0.879. The molecule has 1 rings (SSSR count). The number of hydrogen-bond acceptors (Lipinski definition) is 3. The fourth-order valence-electron chi connectivity index (χ4n) is 1.36. The Labute approximate surface area is 102 Å². The lowest BCUT2D eigenvalue weighted by Crippen LogP contribution is -2.34. The number of carbonyl (C=O) groups is 1. The van der Waals surface area contributed by atoms with Crippen LogP contribution in [-0.2, 0) is 11.8 Å². The van der Waals surface area contributed by atoms with Crippen molar-refractivity contribution in [1.29, 1.82) is 0 Å². The molecule has 1 amide bonds. The number of aromatic nitrogens is 2. The van der Waals surface area contributed by atoms with Gasteiger partial charge in [0.05, 0.1) is 6.20 Å². The molecule has 18 heavy (non-hydrogen) atoms. The Bertz CT molecular complexity index is 402. The van der Waals surface area contributed by atoms with Gasteiger partial charge in [-0.1, -0.05) is 0 Å². The summed E-state index contributed by atoms with van der Waals surface area (Å²) in [6.45, 7) is -0.0493. The zero-order valence-electron chi connectivity index (χ0n) is 9.87. The third-order valence-corrected chi connectivity index (χ3v) is 2.30. The van der Waals surface area contributed by atoms with Gasteiger partial charge in [0.15, 0.2) is 0 Å². The van der Waals surface area contributed by atoms with Crippen LogP contribution in [0.5, 0.6) is 0 Å². The predicted molar refractivity (Wildman–Crippen MR) is 58.4 cm³/mol. The van der Waals surface area contributed by atoms with E-state index in [9.17, 15) is 18.0 Å². The first kappa shape index (κ1) is 14.5. The van der Waals surface area contributed by atoms with Crippen LogP contribution < -0.4 is 11.1 Å². The van der Waals surface area contributed by atoms with E-state index in [-0.39, 0.29) is 13.0 Å². The van der Waals surface area contributed by atoms with Crippen LogP contribution in [0.4, 0.5) is 13.2 Å². The molecule has 0 aliphatic heterocycles. The zero-order chi connectivity index (χ0) is 13.8. The van der Waals surface area contributed by atoms with Gasteiger partial charge in [-0.05, 0) is 6.42 Å². The van der Waals surface area contributed by atoms with E-state index in [1.165, 1.54) is 10.9 Å². The minimum Gasteiger partial charge on any atom is -0.354 e. The minimum absolute atomic E-state index is 0.0493. The maximum Gasteiger partial charge on any atom is 0.389 e. The molecule has 1 aromatic rings. The maximum atomic E-state index is 11.9. The van der Waals surface area contributed by atoms with Crippen LogP contribution in [0.25, 0.3) is 0 Å². The molecule has 0 aliphatic carbocycles. The molecule has 1 aromatic heterocycles. The van der Waals surface area contributed by atoms with E-state index >= 15 is 0 Å². The second-order valence-corrected chi connectivity index (χ2v) is 3.93. The van der Waals surface area contributed by atoms with Crippen LogP contribution in [0, 0.1) is 0 Å². The van der Waals surface area contributed by atoms with Gasteiger partial charge in [0.25, 0.3) is 0 Å². The second-order valence-electron chi connectivity index (χ2n) is 3.93. The summed E-state index contributed by atoms with van der Waals surface area (Å²) in [5.74, 6) is -0.509. The van der Waals surface area contributed by atoms with E-state index in [0.717, 1.165) is 0 Å². The van der Waals surface area contributed by atoms with Crippen molar-refractivity contribution in [3.8, 4) is 0 Å². The van der Waals surface area contributed by atoms with E-state index in [4.69, 9.17) is 5.73 Å². The molecule has 0 fully saturated rings. The topological polar surface area (TPSA) is 72.9 Å². The summed E-state index contributed by atoms with van der Waals surface area (Å²) >= 11 is 0. The number of nitrogens with two attached hydrogens (primary N) is 1. The van der Waals surface area contributed by atoms with Gasteiger partial charge in [0.2, 0.25) is 5.91 Å². The normalized spacial score (nSPS) is 13.4. The van der Waals surface area contributed by atoms with Gasteiger partial charge in [0.1, 0.15) is 6.04 Å². The Morgan fingerprint density at radius 1 is 1.61 bits per heavy atom. The summed E-state index contributed by atoms with van der Waals surface area (Å²) in [6, 6.07) is -0.912. The van der Waals surface area contributed by atoms with Crippen LogP contribution in [0.3, 0.4) is 0 Å². The Morgan fingerprint density at radius 2 is 2.28 bits per heavy atom. The first-order valence-electron chi connectivity index (χ1n) is 5.38. The summed E-state index contributed by atoms with van der Waals surface area (Å²) in [5, 5.41) is 6.22. The quantitative estimate of drug-likeness (QED) is 0.775. The fourth-order valence-corrected chi connectivity index (χ4v) is 1.36. The summed E-state index contributed by atoms with van der Waals surface area (Å²) in [5.41, 5.74) is 6.15. The third kappa shape index (κ3) is 4.74. The van der Waals surface area contributed by atoms with Crippen molar-refractivity contribution in [2.24, 2.45) is 12.8 Å². The number of aryl methyl sites for hydroxylation is 1. The molecule has 102 valence electrons. The summed E-state index contributed by atoms with van der Waals surface area (Å²) < 4.78 is 37.1. The molecule has 5 nitrogen and oxygen atoms in total. The fraction of sp³-hybridized carbons (Fsp3) is 0.600. The number of nitrogens with zero attached hydrogens (tertiary/aromatic N) is 2. The molecule has 3 N–H and O–H groups in total. The molecule has 8 heteroatoms. The first-order chi connectivity index (χ1) is 8.29. The number of carbonyl (C=O) groups excluding carboxylic acids is 1. The molecule has 0 spiro atoms. The number of rotatable bonds is 5. The zero-order valence-corrected chi connectivity index (χ0v) is 9.87. The van der Waals surface area contributed by atoms with Gasteiger partial charge < -0.3 is 11.1 Å². The van der Waals surface area contributed by atoms with Gasteiger partial charge >= 0.3 is 6.18 Å². The Morgan fingerprint density at radius 3 is 2.78 bits per heavy atom. The molecule has 0 aliphatic rings. The van der Waals surface area contributed by atoms with Crippen molar-refractivity contribution >= 4 is 5.91 Å². The summed E-state index contributed by atoms with van der Waals surface area (Å²) in [6.07, 6.45) is -2.25. The molecule has 1 unspecified atom stereocenters. The van der Waals surface area contributed by atoms with Crippen molar-refractivity contribution in [3.05, 3.63) is 18.0 Å². The van der Waals surface area contributed by atoms with Gasteiger partial charge in [-0.15, -0.1) is 0 Å². The molecular formula is C10H15F3N4O. The van der Waals surface area contributed by atoms with Crippen LogP contribution >= 0.6 is 0 Å². The highest BCUT2D eigenvalue weighted by Gasteiger charge is 2.26. The Balaban J connectivity index is 2.33. The molecule has 0 aromatic carbocycles. The van der Waals surface area contributed by atoms with Crippen molar-refractivity contribution < 1.29 is 18.0 Å². The highest BCUT2D eigenvalue weighted by molar-refractivity contribution is 5.82. The molecule has 0 saturated carbocycles. The molecule has 1 heterocycles.